The van der Waals surface area contributed by atoms with Crippen molar-refractivity contribution in [2.24, 2.45) is 0 Å². The fourth-order valence-electron chi connectivity index (χ4n) is 0. The van der Waals surface area contributed by atoms with Gasteiger partial charge in [0.25, 0.3) is 0 Å². The Labute approximate surface area is 42.3 Å². The largest absolute Gasteiger partial charge is 0.153 e. The molecule has 0 saturated heterocycles. The number of hydrogen-bond donors (Lipinski definition) is 1. The van der Waals surface area contributed by atoms with Crippen LogP contribution in [0.25, 0.3) is 0 Å². The summed E-state index contributed by atoms with van der Waals surface area (Å²) < 4.78 is 8.89. The minimum absolute atomic E-state index is 0. The Kier molecular flexibility index (Phi) is 19.9. The fourth-order valence-corrected chi connectivity index (χ4v) is 0. The van der Waals surface area contributed by atoms with Crippen LogP contribution in [0.4, 0.5) is 0 Å². The third kappa shape index (κ3) is 10.5. The molecule has 1 nitrogen and oxygen atoms in total. The van der Waals surface area contributed by atoms with Crippen molar-refractivity contribution in [1.29, 1.82) is 0 Å². The van der Waals surface area contributed by atoms with Gasteiger partial charge in [0.15, 0.2) is 0 Å². The third-order valence-electron chi connectivity index (χ3n) is 0. The molecule has 0 heterocycles. The molecule has 1 unspecified atom stereocenters. The van der Waals surface area contributed by atoms with Crippen molar-refractivity contribution in [3.8, 4) is 0 Å². The summed E-state index contributed by atoms with van der Waals surface area (Å²) in [6.45, 7) is 0. The van der Waals surface area contributed by atoms with Gasteiger partial charge in [-0.05, 0) is 0 Å². The van der Waals surface area contributed by atoms with Gasteiger partial charge in [0, 0.05) is 0 Å². The second kappa shape index (κ2) is 8.86. The van der Waals surface area contributed by atoms with E-state index < -0.39 is 0 Å². The minimum Gasteiger partial charge on any atom is -0.153 e. The molecule has 0 aromatic rings. The van der Waals surface area contributed by atoms with Crippen molar-refractivity contribution in [3.05, 3.63) is 0 Å². The number of thiol groups is 1. The molecule has 0 fully saturated rings. The summed E-state index contributed by atoms with van der Waals surface area (Å²) in [4.78, 5) is 0. The Hall–Kier alpha value is 1.27. The Morgan fingerprint density at radius 3 is 1.75 bits per heavy atom. The summed E-state index contributed by atoms with van der Waals surface area (Å²) in [6.07, 6.45) is 0. The molecule has 0 amide bonds. The first-order valence-corrected chi connectivity index (χ1v) is 4.02. The van der Waals surface area contributed by atoms with Crippen LogP contribution in [0.5, 0.6) is 0 Å². The molecular weight excluding hydrogens is 274 g/mol. The van der Waals surface area contributed by atoms with E-state index in [0.29, 0.717) is 0 Å². The minimum atomic E-state index is 0. The first-order valence-electron chi connectivity index (χ1n) is 0.324. The smallest absolute Gasteiger partial charge is 0.153 e. The summed E-state index contributed by atoms with van der Waals surface area (Å²) in [7, 11) is 0.139. The zero-order valence-corrected chi connectivity index (χ0v) is 6.46. The van der Waals surface area contributed by atoms with E-state index in [1.165, 1.54) is 0 Å². The summed E-state index contributed by atoms with van der Waals surface area (Å²) in [5.74, 6) is 0. The Morgan fingerprint density at radius 2 is 1.75 bits per heavy atom. The van der Waals surface area contributed by atoms with E-state index in [4.69, 9.17) is 4.21 Å². The van der Waals surface area contributed by atoms with Crippen LogP contribution in [0.2, 0.25) is 0 Å². The summed E-state index contributed by atoms with van der Waals surface area (Å²) in [5, 5.41) is 0. The average Bonchev–Trinajstić information content (AvgIpc) is 0.918. The molecule has 4 heavy (non-hydrogen) atoms. The number of hydrogen-bond acceptors (Lipinski definition) is 1. The van der Waals surface area contributed by atoms with Crippen molar-refractivity contribution in [3.63, 3.8) is 0 Å². The van der Waals surface area contributed by atoms with Gasteiger partial charge in [-0.15, -0.1) is 0 Å². The van der Waals surface area contributed by atoms with Gasteiger partial charge in [0.1, 0.15) is 0 Å². The van der Waals surface area contributed by atoms with E-state index in [0.717, 1.165) is 0 Å². The molecule has 0 aromatic carbocycles. The average molecular weight is 278 g/mol. The molecule has 0 spiro atoms. The van der Waals surface area contributed by atoms with Gasteiger partial charge >= 0.3 is 32.1 Å². The van der Waals surface area contributed by atoms with E-state index in [1.54, 1.807) is 18.5 Å². The van der Waals surface area contributed by atoms with E-state index in [-0.39, 0.29) is 19.3 Å². The Morgan fingerprint density at radius 1 is 1.75 bits per heavy atom. The molecule has 1 atom stereocenters. The maximum Gasteiger partial charge on any atom is -0.153 e. The van der Waals surface area contributed by atoms with Crippen LogP contribution >= 0.6 is 9.90 Å². The van der Waals surface area contributed by atoms with Crippen LogP contribution in [0.3, 0.4) is 0 Å². The van der Waals surface area contributed by atoms with Gasteiger partial charge in [-0.1, -0.05) is 0 Å². The molecule has 4 heteroatoms. The zero-order chi connectivity index (χ0) is 2.71. The zero-order valence-electron chi connectivity index (χ0n) is 1.88. The normalized spacial score (nSPS) is 4.50. The molecule has 0 radical (unpaired) electrons. The quantitative estimate of drug-likeness (QED) is 0.465. The van der Waals surface area contributed by atoms with Crippen molar-refractivity contribution < 1.29 is 22.7 Å². The molecular formula is H4OPPtS. The van der Waals surface area contributed by atoms with Gasteiger partial charge in [0.2, 0.25) is 0 Å². The summed E-state index contributed by atoms with van der Waals surface area (Å²) in [5.41, 5.74) is 0. The Balaban J connectivity index is 0. The molecule has 0 saturated carbocycles. The van der Waals surface area contributed by atoms with E-state index in [9.17, 15) is 0 Å². The van der Waals surface area contributed by atoms with Crippen LogP contribution in [-0.2, 0) is 27.9 Å². The van der Waals surface area contributed by atoms with Crippen LogP contribution < -0.4 is 0 Å². The van der Waals surface area contributed by atoms with Crippen molar-refractivity contribution in [2.75, 3.05) is 0 Å². The van der Waals surface area contributed by atoms with Crippen molar-refractivity contribution in [2.45, 2.75) is 0 Å². The second-order valence-corrected chi connectivity index (χ2v) is 1.42. The predicted octanol–water partition coefficient (Wildman–Crippen LogP) is -0.548. The van der Waals surface area contributed by atoms with E-state index >= 15 is 0 Å². The molecule has 0 bridgehead atoms. The van der Waals surface area contributed by atoms with Gasteiger partial charge in [-0.25, -0.2) is 0 Å². The van der Waals surface area contributed by atoms with Crippen molar-refractivity contribution >= 4 is 19.3 Å². The van der Waals surface area contributed by atoms with Gasteiger partial charge in [-0.3, -0.25) is 0 Å². The maximum atomic E-state index is 8.89. The standard InChI is InChI=1S/OS.H3P.Pt/c1-2;;/h;1H3;/q;;-1/p+1. The molecule has 0 aliphatic heterocycles. The fraction of sp³-hybridized carbons (Fsp3) is 0. The summed E-state index contributed by atoms with van der Waals surface area (Å²) in [6, 6.07) is 0. The van der Waals surface area contributed by atoms with Crippen LogP contribution in [0.15, 0.2) is 0 Å². The molecule has 0 aliphatic carbocycles. The molecule has 0 aromatic heterocycles. The van der Waals surface area contributed by atoms with Crippen LogP contribution in [0, 0.1) is 0 Å². The first kappa shape index (κ1) is 8.99. The third-order valence-corrected chi connectivity index (χ3v) is 0. The monoisotopic (exact) mass is 278 g/mol. The second-order valence-electron chi connectivity index (χ2n) is 0.0577. The van der Waals surface area contributed by atoms with Crippen LogP contribution in [-0.4, -0.2) is 4.21 Å². The summed E-state index contributed by atoms with van der Waals surface area (Å²) >= 11 is 1.69. The van der Waals surface area contributed by atoms with Gasteiger partial charge in [0.05, 0.1) is 0 Å². The predicted molar refractivity (Wildman–Crippen MR) is 20.6 cm³/mol. The Bertz CT molecular complexity index is 15.5. The number of rotatable bonds is 0. The first-order chi connectivity index (χ1) is 1.41. The topological polar surface area (TPSA) is 17.1 Å². The van der Waals surface area contributed by atoms with Crippen LogP contribution in [0.1, 0.15) is 0 Å². The molecule has 31 valence electrons. The van der Waals surface area contributed by atoms with E-state index in [1.807, 2.05) is 0 Å². The van der Waals surface area contributed by atoms with Crippen molar-refractivity contribution in [1.82, 2.24) is 0 Å². The SMILES string of the molecule is O=[SH][Pt].P. The molecule has 0 N–H and O–H groups in total. The maximum absolute atomic E-state index is 8.89. The van der Waals surface area contributed by atoms with E-state index in [2.05, 4.69) is 0 Å². The molecule has 0 rings (SSSR count). The van der Waals surface area contributed by atoms with Gasteiger partial charge in [-0.2, -0.15) is 9.90 Å². The molecule has 0 aliphatic rings. The van der Waals surface area contributed by atoms with Gasteiger partial charge < -0.3 is 0 Å².